The summed E-state index contributed by atoms with van der Waals surface area (Å²) in [5.74, 6) is -2.18. The highest BCUT2D eigenvalue weighted by molar-refractivity contribution is 6.07. The topological polar surface area (TPSA) is 172 Å². The summed E-state index contributed by atoms with van der Waals surface area (Å²) in [6, 6.07) is -1.85. The second-order valence-electron chi connectivity index (χ2n) is 9.46. The molecule has 0 radical (unpaired) electrons. The van der Waals surface area contributed by atoms with Crippen LogP contribution in [0, 0.1) is 17.8 Å². The largest absolute Gasteiger partial charge is 0.480 e. The van der Waals surface area contributed by atoms with Gasteiger partial charge in [-0.25, -0.2) is 14.5 Å². The van der Waals surface area contributed by atoms with Crippen molar-refractivity contribution < 1.29 is 29.0 Å². The van der Waals surface area contributed by atoms with Crippen LogP contribution in [0.4, 0.5) is 4.79 Å². The number of aliphatic carboxylic acids is 1. The zero-order valence-electron chi connectivity index (χ0n) is 20.5. The van der Waals surface area contributed by atoms with E-state index in [1.54, 1.807) is 4.90 Å². The maximum Gasteiger partial charge on any atom is 0.327 e. The molecule has 0 aromatic carbocycles. The molecule has 0 aromatic rings. The number of imide groups is 1. The van der Waals surface area contributed by atoms with Gasteiger partial charge in [0.2, 0.25) is 11.8 Å². The molecule has 12 nitrogen and oxygen atoms in total. The lowest BCUT2D eigenvalue weighted by atomic mass is 9.84. The first kappa shape index (κ1) is 27.4. The average Bonchev–Trinajstić information content (AvgIpc) is 2.75. The molecule has 0 saturated carbocycles. The van der Waals surface area contributed by atoms with Crippen molar-refractivity contribution in [2.75, 3.05) is 39.3 Å². The first-order valence-corrected chi connectivity index (χ1v) is 11.7. The summed E-state index contributed by atoms with van der Waals surface area (Å²) in [4.78, 5) is 57.4. The molecule has 2 heterocycles. The van der Waals surface area contributed by atoms with Gasteiger partial charge in [-0.05, 0) is 24.7 Å². The van der Waals surface area contributed by atoms with Gasteiger partial charge in [0.15, 0.2) is 12.0 Å². The summed E-state index contributed by atoms with van der Waals surface area (Å²) in [7, 11) is 0. The molecule has 0 aromatic heterocycles. The number of hydrogen-bond acceptors (Lipinski definition) is 6. The van der Waals surface area contributed by atoms with E-state index in [2.05, 4.69) is 32.7 Å². The molecular formula is C22H38N6O6. The zero-order valence-corrected chi connectivity index (χ0v) is 20.5. The van der Waals surface area contributed by atoms with E-state index < -0.39 is 29.9 Å². The van der Waals surface area contributed by atoms with Gasteiger partial charge in [-0.15, -0.1) is 0 Å². The number of urea groups is 1. The fourth-order valence-electron chi connectivity index (χ4n) is 4.56. The lowest BCUT2D eigenvalue weighted by molar-refractivity contribution is -0.167. The van der Waals surface area contributed by atoms with E-state index in [-0.39, 0.29) is 62.5 Å². The van der Waals surface area contributed by atoms with Gasteiger partial charge < -0.3 is 31.1 Å². The molecule has 2 rings (SSSR count). The van der Waals surface area contributed by atoms with Gasteiger partial charge in [0.25, 0.3) is 0 Å². The van der Waals surface area contributed by atoms with Crippen LogP contribution in [-0.4, -0.2) is 101 Å². The van der Waals surface area contributed by atoms with E-state index >= 15 is 0 Å². The molecule has 2 fully saturated rings. The lowest BCUT2D eigenvalue weighted by Crippen LogP contribution is -2.69. The number of guanidine groups is 1. The smallest absolute Gasteiger partial charge is 0.327 e. The molecule has 34 heavy (non-hydrogen) atoms. The molecular weight excluding hydrogens is 444 g/mol. The highest BCUT2D eigenvalue weighted by Gasteiger charge is 2.55. The van der Waals surface area contributed by atoms with Crippen LogP contribution >= 0.6 is 0 Å². The maximum absolute atomic E-state index is 12.9. The Hall–Kier alpha value is -2.89. The molecule has 2 atom stereocenters. The Kier molecular flexibility index (Phi) is 9.66. The monoisotopic (exact) mass is 482 g/mol. The van der Waals surface area contributed by atoms with Crippen molar-refractivity contribution in [3.63, 3.8) is 0 Å². The number of ether oxygens (including phenoxy) is 1. The third-order valence-electron chi connectivity index (χ3n) is 6.26. The molecule has 12 heteroatoms. The first-order valence-electron chi connectivity index (χ1n) is 11.7. The number of β-lactam (4-membered cyclic amide) rings is 1. The Morgan fingerprint density at radius 3 is 2.12 bits per heavy atom. The van der Waals surface area contributed by atoms with E-state index in [1.165, 1.54) is 4.90 Å². The Morgan fingerprint density at radius 2 is 1.62 bits per heavy atom. The summed E-state index contributed by atoms with van der Waals surface area (Å²) in [5.41, 5.74) is 10.5. The molecule has 0 unspecified atom stereocenters. The SMILES string of the molecule is CC(C)C(OCC(=O)N1CCN(C(=O)N2C(=O)[C@H](CCCN=C(N)N)[C@H]2C(=O)O)CC1)C(C)C. The van der Waals surface area contributed by atoms with Crippen LogP contribution in [0.25, 0.3) is 0 Å². The lowest BCUT2D eigenvalue weighted by Gasteiger charge is -2.46. The van der Waals surface area contributed by atoms with Crippen molar-refractivity contribution in [3.8, 4) is 0 Å². The molecule has 2 saturated heterocycles. The van der Waals surface area contributed by atoms with Gasteiger partial charge in [-0.1, -0.05) is 27.7 Å². The number of aliphatic imine (C=N–C) groups is 1. The third kappa shape index (κ3) is 6.58. The number of nitrogens with zero attached hydrogens (tertiary/aromatic N) is 4. The van der Waals surface area contributed by atoms with E-state index in [9.17, 15) is 24.3 Å². The second-order valence-corrected chi connectivity index (χ2v) is 9.46. The number of carbonyl (C=O) groups is 4. The molecule has 192 valence electrons. The fraction of sp³-hybridized carbons (Fsp3) is 0.773. The number of carboxylic acid groups (broad SMARTS) is 1. The molecule has 4 amide bonds. The molecule has 0 spiro atoms. The van der Waals surface area contributed by atoms with Crippen LogP contribution in [0.3, 0.4) is 0 Å². The van der Waals surface area contributed by atoms with Crippen LogP contribution < -0.4 is 11.5 Å². The highest BCUT2D eigenvalue weighted by atomic mass is 16.5. The van der Waals surface area contributed by atoms with Crippen molar-refractivity contribution >= 4 is 29.8 Å². The summed E-state index contributed by atoms with van der Waals surface area (Å²) in [6.07, 6.45) is 0.675. The van der Waals surface area contributed by atoms with Gasteiger partial charge >= 0.3 is 12.0 Å². The van der Waals surface area contributed by atoms with E-state index in [1.807, 2.05) is 0 Å². The second kappa shape index (κ2) is 12.0. The average molecular weight is 483 g/mol. The minimum Gasteiger partial charge on any atom is -0.480 e. The van der Waals surface area contributed by atoms with Gasteiger partial charge in [-0.2, -0.15) is 0 Å². The van der Waals surface area contributed by atoms with Gasteiger partial charge in [0.05, 0.1) is 12.0 Å². The molecule has 0 bridgehead atoms. The van der Waals surface area contributed by atoms with Crippen molar-refractivity contribution in [1.82, 2.24) is 14.7 Å². The van der Waals surface area contributed by atoms with Crippen LogP contribution in [0.15, 0.2) is 4.99 Å². The van der Waals surface area contributed by atoms with Crippen molar-refractivity contribution in [3.05, 3.63) is 0 Å². The zero-order chi connectivity index (χ0) is 25.6. The minimum absolute atomic E-state index is 0.0235. The number of carboxylic acids is 1. The standard InChI is InChI=1S/C22H38N6O6/c1-13(2)18(14(3)4)34-12-16(29)26-8-10-27(11-9-26)22(33)28-17(20(31)32)15(19(28)30)6-5-7-25-21(23)24/h13-15,17-18H,5-12H2,1-4H3,(H,31,32)(H4,23,24,25)/t15-,17+/m1/s1. The molecule has 2 aliphatic heterocycles. The Bertz CT molecular complexity index is 781. The van der Waals surface area contributed by atoms with Crippen LogP contribution in [-0.2, 0) is 19.1 Å². The summed E-state index contributed by atoms with van der Waals surface area (Å²) in [6.45, 7) is 9.48. The minimum atomic E-state index is -1.23. The van der Waals surface area contributed by atoms with Crippen molar-refractivity contribution in [1.29, 1.82) is 0 Å². The van der Waals surface area contributed by atoms with Crippen LogP contribution in [0.2, 0.25) is 0 Å². The maximum atomic E-state index is 12.9. The Morgan fingerprint density at radius 1 is 1.06 bits per heavy atom. The van der Waals surface area contributed by atoms with E-state index in [0.717, 1.165) is 4.90 Å². The van der Waals surface area contributed by atoms with E-state index in [4.69, 9.17) is 16.2 Å². The summed E-state index contributed by atoms with van der Waals surface area (Å²) < 4.78 is 5.83. The Balaban J connectivity index is 1.87. The molecule has 0 aliphatic carbocycles. The quantitative estimate of drug-likeness (QED) is 0.168. The summed E-state index contributed by atoms with van der Waals surface area (Å²) >= 11 is 0. The van der Waals surface area contributed by atoms with Gasteiger partial charge in [-0.3, -0.25) is 14.6 Å². The number of rotatable bonds is 10. The van der Waals surface area contributed by atoms with Crippen molar-refractivity contribution in [2.45, 2.75) is 52.7 Å². The van der Waals surface area contributed by atoms with Crippen LogP contribution in [0.1, 0.15) is 40.5 Å². The number of likely N-dealkylation sites (tertiary alicyclic amines) is 1. The van der Waals surface area contributed by atoms with Gasteiger partial charge in [0, 0.05) is 32.7 Å². The number of amides is 4. The highest BCUT2D eigenvalue weighted by Crippen LogP contribution is 2.32. The predicted molar refractivity (Wildman–Crippen MR) is 125 cm³/mol. The first-order chi connectivity index (χ1) is 16.0. The number of hydrogen-bond donors (Lipinski definition) is 3. The number of nitrogens with two attached hydrogens (primary N) is 2. The third-order valence-corrected chi connectivity index (χ3v) is 6.26. The van der Waals surface area contributed by atoms with Gasteiger partial charge in [0.1, 0.15) is 6.61 Å². The fourth-order valence-corrected chi connectivity index (χ4v) is 4.56. The van der Waals surface area contributed by atoms with Crippen molar-refractivity contribution in [2.24, 2.45) is 34.2 Å². The summed E-state index contributed by atoms with van der Waals surface area (Å²) in [5, 5.41) is 9.58. The Labute approximate surface area is 200 Å². The predicted octanol–water partition coefficient (Wildman–Crippen LogP) is -0.0870. The normalized spacial score (nSPS) is 20.7. The molecule has 5 N–H and O–H groups in total. The van der Waals surface area contributed by atoms with Crippen LogP contribution in [0.5, 0.6) is 0 Å². The van der Waals surface area contributed by atoms with E-state index in [0.29, 0.717) is 19.5 Å². The number of piperazine rings is 1. The number of carbonyl (C=O) groups excluding carboxylic acids is 3. The molecule has 2 aliphatic rings.